The number of methoxy groups -OCH3 is 1. The minimum absolute atomic E-state index is 0.0252. The van der Waals surface area contributed by atoms with Crippen molar-refractivity contribution in [1.82, 2.24) is 10.3 Å². The van der Waals surface area contributed by atoms with Crippen LogP contribution in [0, 0.1) is 0 Å². The van der Waals surface area contributed by atoms with Crippen molar-refractivity contribution in [3.05, 3.63) is 35.9 Å². The summed E-state index contributed by atoms with van der Waals surface area (Å²) in [7, 11) is 3.65. The molecule has 0 amide bonds. The Balaban J connectivity index is 2.48. The fourth-order valence-corrected chi connectivity index (χ4v) is 2.01. The molecule has 0 radical (unpaired) electrons. The molecule has 2 rings (SSSR count). The zero-order chi connectivity index (χ0) is 13.2. The second-order valence-corrected chi connectivity index (χ2v) is 5.16. The lowest BCUT2D eigenvalue weighted by atomic mass is 9.95. The molecule has 0 bridgehead atoms. The number of aromatic nitrogens is 1. The topological polar surface area (TPSA) is 34.2 Å². The first-order valence-electron chi connectivity index (χ1n) is 6.17. The van der Waals surface area contributed by atoms with Crippen LogP contribution in [0.1, 0.15) is 19.4 Å². The van der Waals surface area contributed by atoms with Gasteiger partial charge in [0.25, 0.3) is 0 Å². The maximum absolute atomic E-state index is 5.40. The number of rotatable bonds is 4. The van der Waals surface area contributed by atoms with Gasteiger partial charge in [0.2, 0.25) is 5.88 Å². The van der Waals surface area contributed by atoms with E-state index in [0.29, 0.717) is 0 Å². The molecule has 0 saturated heterocycles. The summed E-state index contributed by atoms with van der Waals surface area (Å²) in [4.78, 5) is 4.56. The second kappa shape index (κ2) is 4.94. The van der Waals surface area contributed by atoms with Crippen LogP contribution < -0.4 is 10.1 Å². The molecule has 0 unspecified atom stereocenters. The number of pyridine rings is 1. The van der Waals surface area contributed by atoms with Gasteiger partial charge in [-0.1, -0.05) is 18.2 Å². The molecule has 0 aliphatic carbocycles. The van der Waals surface area contributed by atoms with Crippen LogP contribution in [0.2, 0.25) is 0 Å². The van der Waals surface area contributed by atoms with Gasteiger partial charge in [-0.05, 0) is 39.4 Å². The van der Waals surface area contributed by atoms with Crippen LogP contribution in [0.4, 0.5) is 0 Å². The van der Waals surface area contributed by atoms with Gasteiger partial charge in [-0.2, -0.15) is 0 Å². The van der Waals surface area contributed by atoms with Gasteiger partial charge < -0.3 is 10.1 Å². The monoisotopic (exact) mass is 244 g/mol. The quantitative estimate of drug-likeness (QED) is 0.898. The molecule has 1 aromatic carbocycles. The molecule has 0 fully saturated rings. The van der Waals surface area contributed by atoms with Crippen molar-refractivity contribution in [3.63, 3.8) is 0 Å². The van der Waals surface area contributed by atoms with Gasteiger partial charge >= 0.3 is 0 Å². The predicted molar refractivity (Wildman–Crippen MR) is 75.1 cm³/mol. The Morgan fingerprint density at radius 3 is 2.67 bits per heavy atom. The Labute approximate surface area is 108 Å². The van der Waals surface area contributed by atoms with Gasteiger partial charge in [-0.15, -0.1) is 0 Å². The van der Waals surface area contributed by atoms with Crippen molar-refractivity contribution in [2.45, 2.75) is 25.8 Å². The first kappa shape index (κ1) is 12.8. The predicted octanol–water partition coefficient (Wildman–Crippen LogP) is 2.78. The smallest absolute Gasteiger partial charge is 0.216 e. The highest BCUT2D eigenvalue weighted by molar-refractivity contribution is 5.80. The molecular formula is C15H20N2O. The molecule has 0 spiro atoms. The highest BCUT2D eigenvalue weighted by Gasteiger charge is 2.19. The average Bonchev–Trinajstić information content (AvgIpc) is 2.37. The largest absolute Gasteiger partial charge is 0.481 e. The average molecular weight is 244 g/mol. The number of ether oxygens (including phenoxy) is 1. The molecule has 1 aromatic heterocycles. The Morgan fingerprint density at radius 1 is 1.28 bits per heavy atom. The van der Waals surface area contributed by atoms with Crippen LogP contribution in [0.5, 0.6) is 5.88 Å². The Bertz CT molecular complexity index is 549. The number of hydrogen-bond acceptors (Lipinski definition) is 3. The summed E-state index contributed by atoms with van der Waals surface area (Å²) in [6.45, 7) is 4.34. The summed E-state index contributed by atoms with van der Waals surface area (Å²) >= 11 is 0. The first-order valence-corrected chi connectivity index (χ1v) is 6.17. The number of para-hydroxylation sites is 1. The van der Waals surface area contributed by atoms with E-state index in [0.717, 1.165) is 28.8 Å². The van der Waals surface area contributed by atoms with E-state index in [1.807, 2.05) is 25.2 Å². The summed E-state index contributed by atoms with van der Waals surface area (Å²) in [5, 5.41) is 4.46. The zero-order valence-electron chi connectivity index (χ0n) is 11.4. The van der Waals surface area contributed by atoms with Gasteiger partial charge in [0.05, 0.1) is 12.6 Å². The van der Waals surface area contributed by atoms with E-state index in [1.165, 1.54) is 0 Å². The number of nitrogens with zero attached hydrogens (tertiary/aromatic N) is 1. The van der Waals surface area contributed by atoms with Gasteiger partial charge in [0.1, 0.15) is 0 Å². The summed E-state index contributed by atoms with van der Waals surface area (Å²) in [5.74, 6) is 0.719. The third kappa shape index (κ3) is 2.62. The Hall–Kier alpha value is -1.61. The third-order valence-electron chi connectivity index (χ3n) is 3.27. The van der Waals surface area contributed by atoms with Crippen LogP contribution in [0.25, 0.3) is 10.9 Å². The molecule has 3 heteroatoms. The maximum Gasteiger partial charge on any atom is 0.216 e. The first-order chi connectivity index (χ1) is 8.55. The van der Waals surface area contributed by atoms with Gasteiger partial charge in [0.15, 0.2) is 0 Å². The lowest BCUT2D eigenvalue weighted by Gasteiger charge is -2.24. The molecular weight excluding hydrogens is 224 g/mol. The summed E-state index contributed by atoms with van der Waals surface area (Å²) in [6, 6.07) is 10.3. The lowest BCUT2D eigenvalue weighted by molar-refractivity contribution is 0.375. The second-order valence-electron chi connectivity index (χ2n) is 5.16. The van der Waals surface area contributed by atoms with E-state index in [-0.39, 0.29) is 5.54 Å². The Kier molecular flexibility index (Phi) is 3.53. The fourth-order valence-electron chi connectivity index (χ4n) is 2.01. The van der Waals surface area contributed by atoms with Crippen molar-refractivity contribution in [3.8, 4) is 5.88 Å². The fraction of sp³-hybridized carbons (Fsp3) is 0.400. The summed E-state index contributed by atoms with van der Waals surface area (Å²) < 4.78 is 5.40. The normalized spacial score (nSPS) is 11.8. The molecule has 1 N–H and O–H groups in total. The minimum atomic E-state index is 0.0252. The zero-order valence-corrected chi connectivity index (χ0v) is 11.4. The van der Waals surface area contributed by atoms with Crippen molar-refractivity contribution in [1.29, 1.82) is 0 Å². The van der Waals surface area contributed by atoms with Crippen LogP contribution in [0.15, 0.2) is 30.3 Å². The molecule has 1 heterocycles. The van der Waals surface area contributed by atoms with Gasteiger partial charge in [0, 0.05) is 16.5 Å². The van der Waals surface area contributed by atoms with E-state index in [4.69, 9.17) is 4.74 Å². The maximum atomic E-state index is 5.40. The molecule has 0 aliphatic heterocycles. The van der Waals surface area contributed by atoms with Crippen LogP contribution in [-0.4, -0.2) is 24.7 Å². The number of nitrogens with one attached hydrogen (secondary N) is 1. The molecule has 0 saturated carbocycles. The molecule has 0 atom stereocenters. The van der Waals surface area contributed by atoms with Crippen molar-refractivity contribution >= 4 is 10.9 Å². The molecule has 0 aliphatic rings. The molecule has 2 aromatic rings. The lowest BCUT2D eigenvalue weighted by Crippen LogP contribution is -2.38. The number of fused-ring (bicyclic) bond motifs is 1. The van der Waals surface area contributed by atoms with Gasteiger partial charge in [-0.25, -0.2) is 4.98 Å². The van der Waals surface area contributed by atoms with Crippen LogP contribution in [-0.2, 0) is 6.42 Å². The highest BCUT2D eigenvalue weighted by Crippen LogP contribution is 2.25. The summed E-state index contributed by atoms with van der Waals surface area (Å²) in [6.07, 6.45) is 0.879. The highest BCUT2D eigenvalue weighted by atomic mass is 16.5. The Morgan fingerprint density at radius 2 is 2.00 bits per heavy atom. The molecule has 18 heavy (non-hydrogen) atoms. The number of likely N-dealkylation sites (N-methyl/N-ethyl adjacent to an activating group) is 1. The van der Waals surface area contributed by atoms with E-state index in [1.54, 1.807) is 7.11 Å². The SMILES string of the molecule is CNC(C)(C)Cc1cc2ccccc2nc1OC. The third-order valence-corrected chi connectivity index (χ3v) is 3.27. The minimum Gasteiger partial charge on any atom is -0.481 e. The summed E-state index contributed by atoms with van der Waals surface area (Å²) in [5.41, 5.74) is 2.13. The van der Waals surface area contributed by atoms with Crippen molar-refractivity contribution in [2.75, 3.05) is 14.2 Å². The number of benzene rings is 1. The standard InChI is InChI=1S/C15H20N2O/c1-15(2,16-3)10-12-9-11-7-5-6-8-13(11)17-14(12)18-4/h5-9,16H,10H2,1-4H3. The number of hydrogen-bond donors (Lipinski definition) is 1. The molecule has 96 valence electrons. The van der Waals surface area contributed by atoms with E-state index < -0.39 is 0 Å². The van der Waals surface area contributed by atoms with Crippen molar-refractivity contribution in [2.24, 2.45) is 0 Å². The van der Waals surface area contributed by atoms with E-state index in [9.17, 15) is 0 Å². The van der Waals surface area contributed by atoms with Crippen molar-refractivity contribution < 1.29 is 4.74 Å². The van der Waals surface area contributed by atoms with E-state index >= 15 is 0 Å². The molecule has 3 nitrogen and oxygen atoms in total. The van der Waals surface area contributed by atoms with Crippen LogP contribution >= 0.6 is 0 Å². The van der Waals surface area contributed by atoms with Crippen LogP contribution in [0.3, 0.4) is 0 Å². The van der Waals surface area contributed by atoms with Gasteiger partial charge in [-0.3, -0.25) is 0 Å². The van der Waals surface area contributed by atoms with E-state index in [2.05, 4.69) is 36.3 Å².